The molecule has 0 N–H and O–H groups in total. The van der Waals surface area contributed by atoms with Gasteiger partial charge in [0.25, 0.3) is 0 Å². The van der Waals surface area contributed by atoms with Crippen LogP contribution in [0.15, 0.2) is 0 Å². The Bertz CT molecular complexity index is 171. The van der Waals surface area contributed by atoms with Gasteiger partial charge in [0.2, 0.25) is 0 Å². The highest BCUT2D eigenvalue weighted by Gasteiger charge is 2.24. The predicted molar refractivity (Wildman–Crippen MR) is 57.0 cm³/mol. The first-order valence-electron chi connectivity index (χ1n) is 5.84. The number of hydrogen-bond acceptors (Lipinski definition) is 2. The Morgan fingerprint density at radius 1 is 1.36 bits per heavy atom. The van der Waals surface area contributed by atoms with E-state index in [1.807, 2.05) is 0 Å². The molecule has 0 aromatic carbocycles. The molecule has 1 rings (SSSR count). The van der Waals surface area contributed by atoms with Crippen molar-refractivity contribution in [1.82, 2.24) is 0 Å². The van der Waals surface area contributed by atoms with Gasteiger partial charge in [0.1, 0.15) is 0 Å². The maximum atomic E-state index is 11.2. The molecule has 1 aliphatic carbocycles. The summed E-state index contributed by atoms with van der Waals surface area (Å²) in [6, 6.07) is 0. The summed E-state index contributed by atoms with van der Waals surface area (Å²) in [5.41, 5.74) is 0. The quantitative estimate of drug-likeness (QED) is 0.649. The van der Waals surface area contributed by atoms with Crippen LogP contribution in [0.5, 0.6) is 0 Å². The molecule has 82 valence electrons. The van der Waals surface area contributed by atoms with Gasteiger partial charge in [0.05, 0.1) is 7.11 Å². The summed E-state index contributed by atoms with van der Waals surface area (Å²) in [6.07, 6.45) is 8.44. The molecule has 1 fully saturated rings. The Kier molecular flexibility index (Phi) is 4.99. The highest BCUT2D eigenvalue weighted by atomic mass is 16.5. The van der Waals surface area contributed by atoms with Crippen LogP contribution in [0.1, 0.15) is 51.9 Å². The van der Waals surface area contributed by atoms with Gasteiger partial charge in [-0.1, -0.05) is 45.4 Å². The topological polar surface area (TPSA) is 26.3 Å². The van der Waals surface area contributed by atoms with Crippen LogP contribution in [-0.4, -0.2) is 13.1 Å². The van der Waals surface area contributed by atoms with E-state index in [9.17, 15) is 4.79 Å². The molecule has 0 spiro atoms. The number of methoxy groups -OCH3 is 1. The number of hydrogen-bond donors (Lipinski definition) is 0. The fourth-order valence-electron chi connectivity index (χ4n) is 2.55. The zero-order valence-corrected chi connectivity index (χ0v) is 9.42. The number of ether oxygens (including phenoxy) is 1. The van der Waals surface area contributed by atoms with Gasteiger partial charge in [-0.15, -0.1) is 0 Å². The molecule has 0 heterocycles. The van der Waals surface area contributed by atoms with Crippen LogP contribution >= 0.6 is 0 Å². The zero-order chi connectivity index (χ0) is 10.4. The normalized spacial score (nSPS) is 20.4. The average Bonchev–Trinajstić information content (AvgIpc) is 2.26. The lowest BCUT2D eigenvalue weighted by Gasteiger charge is -2.28. The predicted octanol–water partition coefficient (Wildman–Crippen LogP) is 3.16. The molecular weight excluding hydrogens is 176 g/mol. The third-order valence-electron chi connectivity index (χ3n) is 3.50. The van der Waals surface area contributed by atoms with Crippen molar-refractivity contribution in [1.29, 1.82) is 0 Å². The lowest BCUT2D eigenvalue weighted by Crippen LogP contribution is -2.20. The highest BCUT2D eigenvalue weighted by molar-refractivity contribution is 5.69. The third kappa shape index (κ3) is 3.32. The minimum Gasteiger partial charge on any atom is -0.469 e. The summed E-state index contributed by atoms with van der Waals surface area (Å²) in [6.45, 7) is 2.18. The van der Waals surface area contributed by atoms with Crippen molar-refractivity contribution >= 4 is 5.97 Å². The Morgan fingerprint density at radius 2 is 2.00 bits per heavy atom. The molecule has 14 heavy (non-hydrogen) atoms. The van der Waals surface area contributed by atoms with Gasteiger partial charge in [-0.05, 0) is 11.8 Å². The first-order valence-corrected chi connectivity index (χ1v) is 5.84. The second kappa shape index (κ2) is 6.05. The molecule has 0 unspecified atom stereocenters. The zero-order valence-electron chi connectivity index (χ0n) is 9.42. The van der Waals surface area contributed by atoms with Crippen molar-refractivity contribution in [2.45, 2.75) is 51.9 Å². The number of carbonyl (C=O) groups is 1. The van der Waals surface area contributed by atoms with Gasteiger partial charge in [0.15, 0.2) is 0 Å². The van der Waals surface area contributed by atoms with Gasteiger partial charge in [-0.2, -0.15) is 0 Å². The monoisotopic (exact) mass is 198 g/mol. The minimum atomic E-state index is -0.0394. The summed E-state index contributed by atoms with van der Waals surface area (Å²) in [7, 11) is 1.48. The molecule has 0 radical (unpaired) electrons. The van der Waals surface area contributed by atoms with E-state index in [2.05, 4.69) is 6.92 Å². The second-order valence-corrected chi connectivity index (χ2v) is 4.35. The van der Waals surface area contributed by atoms with E-state index in [-0.39, 0.29) is 5.97 Å². The molecular formula is C12H22O2. The van der Waals surface area contributed by atoms with Gasteiger partial charge in [-0.25, -0.2) is 0 Å². The first kappa shape index (κ1) is 11.5. The molecule has 1 atom stereocenters. The highest BCUT2D eigenvalue weighted by Crippen LogP contribution is 2.33. The maximum absolute atomic E-state index is 11.2. The molecule has 0 aliphatic heterocycles. The first-order chi connectivity index (χ1) is 6.77. The third-order valence-corrected chi connectivity index (χ3v) is 3.50. The van der Waals surface area contributed by atoms with Crippen molar-refractivity contribution in [3.05, 3.63) is 0 Å². The van der Waals surface area contributed by atoms with Crippen LogP contribution in [0, 0.1) is 11.8 Å². The van der Waals surface area contributed by atoms with Crippen molar-refractivity contribution in [2.75, 3.05) is 7.11 Å². The Hall–Kier alpha value is -0.530. The van der Waals surface area contributed by atoms with E-state index in [0.717, 1.165) is 12.3 Å². The Balaban J connectivity index is 2.39. The van der Waals surface area contributed by atoms with Gasteiger partial charge in [-0.3, -0.25) is 4.79 Å². The van der Waals surface area contributed by atoms with Crippen molar-refractivity contribution in [2.24, 2.45) is 11.8 Å². The van der Waals surface area contributed by atoms with E-state index < -0.39 is 0 Å². The molecule has 2 heteroatoms. The van der Waals surface area contributed by atoms with Gasteiger partial charge < -0.3 is 4.74 Å². The van der Waals surface area contributed by atoms with Crippen LogP contribution in [0.4, 0.5) is 0 Å². The minimum absolute atomic E-state index is 0.0394. The number of rotatable bonds is 4. The Morgan fingerprint density at radius 3 is 2.50 bits per heavy atom. The molecule has 0 bridgehead atoms. The van der Waals surface area contributed by atoms with Crippen molar-refractivity contribution in [3.8, 4) is 0 Å². The van der Waals surface area contributed by atoms with Gasteiger partial charge >= 0.3 is 5.97 Å². The molecule has 2 nitrogen and oxygen atoms in total. The molecule has 0 saturated heterocycles. The number of carbonyl (C=O) groups excluding carboxylic acids is 1. The lowest BCUT2D eigenvalue weighted by atomic mass is 9.77. The molecule has 1 aliphatic rings. The van der Waals surface area contributed by atoms with E-state index in [1.54, 1.807) is 0 Å². The van der Waals surface area contributed by atoms with E-state index in [4.69, 9.17) is 4.74 Å². The standard InChI is InChI=1S/C12H22O2/c1-3-10(9-12(13)14-2)11-7-5-4-6-8-11/h10-11H,3-9H2,1-2H3/t10-/m1/s1. The van der Waals surface area contributed by atoms with Crippen LogP contribution < -0.4 is 0 Å². The molecule has 0 amide bonds. The molecule has 0 aromatic heterocycles. The number of esters is 1. The van der Waals surface area contributed by atoms with Crippen molar-refractivity contribution in [3.63, 3.8) is 0 Å². The SMILES string of the molecule is CC[C@H](CC(=O)OC)C1CCCCC1. The van der Waals surface area contributed by atoms with Crippen LogP contribution in [-0.2, 0) is 9.53 Å². The summed E-state index contributed by atoms with van der Waals surface area (Å²) in [4.78, 5) is 11.2. The van der Waals surface area contributed by atoms with E-state index >= 15 is 0 Å². The second-order valence-electron chi connectivity index (χ2n) is 4.35. The van der Waals surface area contributed by atoms with Gasteiger partial charge in [0, 0.05) is 6.42 Å². The van der Waals surface area contributed by atoms with E-state index in [1.165, 1.54) is 39.2 Å². The van der Waals surface area contributed by atoms with E-state index in [0.29, 0.717) is 12.3 Å². The van der Waals surface area contributed by atoms with Crippen molar-refractivity contribution < 1.29 is 9.53 Å². The fourth-order valence-corrected chi connectivity index (χ4v) is 2.55. The largest absolute Gasteiger partial charge is 0.469 e. The van der Waals surface area contributed by atoms with Crippen LogP contribution in [0.25, 0.3) is 0 Å². The summed E-state index contributed by atoms with van der Waals surface area (Å²) < 4.78 is 4.73. The van der Waals surface area contributed by atoms with Crippen LogP contribution in [0.2, 0.25) is 0 Å². The lowest BCUT2D eigenvalue weighted by molar-refractivity contribution is -0.142. The van der Waals surface area contributed by atoms with Crippen LogP contribution in [0.3, 0.4) is 0 Å². The fraction of sp³-hybridized carbons (Fsp3) is 0.917. The summed E-state index contributed by atoms with van der Waals surface area (Å²) in [5, 5.41) is 0. The molecule has 1 saturated carbocycles. The average molecular weight is 198 g/mol. The summed E-state index contributed by atoms with van der Waals surface area (Å²) in [5.74, 6) is 1.29. The molecule has 0 aromatic rings. The maximum Gasteiger partial charge on any atom is 0.305 e. The smallest absolute Gasteiger partial charge is 0.305 e. The summed E-state index contributed by atoms with van der Waals surface area (Å²) >= 11 is 0. The Labute approximate surface area is 87.0 Å².